The number of rotatable bonds is 4. The molecule has 0 spiro atoms. The fourth-order valence-electron chi connectivity index (χ4n) is 3.75. The van der Waals surface area contributed by atoms with Gasteiger partial charge in [-0.05, 0) is 44.0 Å². The van der Waals surface area contributed by atoms with Crippen molar-refractivity contribution in [3.8, 4) is 5.75 Å². The summed E-state index contributed by atoms with van der Waals surface area (Å²) in [5.41, 5.74) is 3.06. The number of hydrogen-bond acceptors (Lipinski definition) is 5. The fourth-order valence-corrected chi connectivity index (χ4v) is 3.75. The SMILES string of the molecule is CC1(C)Oc2cc3c(cc2C(NCCc2ccccc2)C1O)CC(=O)C=N3. The van der Waals surface area contributed by atoms with E-state index in [0.29, 0.717) is 12.2 Å². The number of aliphatic hydroxyl groups is 1. The van der Waals surface area contributed by atoms with E-state index in [0.717, 1.165) is 29.8 Å². The van der Waals surface area contributed by atoms with E-state index in [1.807, 2.05) is 44.2 Å². The number of carbonyl (C=O) groups excluding carboxylic acids is 1. The molecule has 2 unspecified atom stereocenters. The van der Waals surface area contributed by atoms with Crippen molar-refractivity contribution >= 4 is 17.7 Å². The molecule has 0 saturated carbocycles. The smallest absolute Gasteiger partial charge is 0.178 e. The van der Waals surface area contributed by atoms with E-state index < -0.39 is 11.7 Å². The van der Waals surface area contributed by atoms with Gasteiger partial charge in [0.05, 0.1) is 17.9 Å². The Hall–Kier alpha value is -2.50. The fraction of sp³-hybridized carbons (Fsp3) is 0.364. The van der Waals surface area contributed by atoms with E-state index >= 15 is 0 Å². The second kappa shape index (κ2) is 6.91. The van der Waals surface area contributed by atoms with Gasteiger partial charge in [-0.25, -0.2) is 0 Å². The van der Waals surface area contributed by atoms with Gasteiger partial charge in [0, 0.05) is 18.1 Å². The molecular formula is C22H24N2O3. The Morgan fingerprint density at radius 1 is 1.26 bits per heavy atom. The molecule has 0 amide bonds. The lowest BCUT2D eigenvalue weighted by Crippen LogP contribution is -2.52. The molecule has 5 heteroatoms. The minimum absolute atomic E-state index is 0.00589. The lowest BCUT2D eigenvalue weighted by atomic mass is 9.85. The van der Waals surface area contributed by atoms with E-state index in [9.17, 15) is 9.90 Å². The third-order valence-electron chi connectivity index (χ3n) is 5.28. The summed E-state index contributed by atoms with van der Waals surface area (Å²) in [6.45, 7) is 4.51. The number of nitrogens with one attached hydrogen (secondary N) is 1. The summed E-state index contributed by atoms with van der Waals surface area (Å²) in [6, 6.07) is 13.8. The molecule has 140 valence electrons. The first-order chi connectivity index (χ1) is 12.9. The number of hydrogen-bond donors (Lipinski definition) is 2. The summed E-state index contributed by atoms with van der Waals surface area (Å²) in [6.07, 6.45) is 1.87. The summed E-state index contributed by atoms with van der Waals surface area (Å²) in [5, 5.41) is 14.4. The number of nitrogens with zero attached hydrogens (tertiary/aromatic N) is 1. The van der Waals surface area contributed by atoms with Gasteiger partial charge in [0.2, 0.25) is 0 Å². The van der Waals surface area contributed by atoms with E-state index in [1.165, 1.54) is 11.8 Å². The van der Waals surface area contributed by atoms with Crippen LogP contribution in [0.5, 0.6) is 5.75 Å². The molecule has 2 aromatic carbocycles. The molecule has 0 saturated heterocycles. The van der Waals surface area contributed by atoms with Crippen LogP contribution >= 0.6 is 0 Å². The molecule has 0 bridgehead atoms. The third-order valence-corrected chi connectivity index (χ3v) is 5.28. The Balaban J connectivity index is 1.61. The highest BCUT2D eigenvalue weighted by Crippen LogP contribution is 2.43. The summed E-state index contributed by atoms with van der Waals surface area (Å²) in [7, 11) is 0. The number of ether oxygens (including phenoxy) is 1. The molecule has 4 rings (SSSR count). The van der Waals surface area contributed by atoms with Crippen LogP contribution in [0.15, 0.2) is 47.5 Å². The van der Waals surface area contributed by atoms with Crippen molar-refractivity contribution in [1.82, 2.24) is 5.32 Å². The van der Waals surface area contributed by atoms with E-state index in [2.05, 4.69) is 22.4 Å². The molecule has 2 aliphatic heterocycles. The summed E-state index contributed by atoms with van der Waals surface area (Å²) in [4.78, 5) is 16.0. The van der Waals surface area contributed by atoms with Crippen LogP contribution < -0.4 is 10.1 Å². The molecule has 0 aliphatic carbocycles. The minimum Gasteiger partial charge on any atom is -0.485 e. The van der Waals surface area contributed by atoms with Crippen molar-refractivity contribution in [2.75, 3.05) is 6.54 Å². The van der Waals surface area contributed by atoms with Crippen molar-refractivity contribution in [3.05, 3.63) is 59.2 Å². The lowest BCUT2D eigenvalue weighted by molar-refractivity contribution is -0.112. The Kier molecular flexibility index (Phi) is 4.58. The highest BCUT2D eigenvalue weighted by atomic mass is 16.5. The van der Waals surface area contributed by atoms with Gasteiger partial charge < -0.3 is 15.2 Å². The Morgan fingerprint density at radius 2 is 2.04 bits per heavy atom. The number of carbonyl (C=O) groups is 1. The number of benzene rings is 2. The van der Waals surface area contributed by atoms with Crippen molar-refractivity contribution < 1.29 is 14.6 Å². The monoisotopic (exact) mass is 364 g/mol. The molecular weight excluding hydrogens is 340 g/mol. The molecule has 27 heavy (non-hydrogen) atoms. The van der Waals surface area contributed by atoms with E-state index in [-0.39, 0.29) is 11.8 Å². The maximum absolute atomic E-state index is 11.7. The third kappa shape index (κ3) is 3.53. The number of aliphatic hydroxyl groups excluding tert-OH is 1. The number of Topliss-reactive ketones (excluding diaryl/α,β-unsaturated/α-hetero) is 1. The van der Waals surface area contributed by atoms with E-state index in [4.69, 9.17) is 4.74 Å². The lowest BCUT2D eigenvalue weighted by Gasteiger charge is -2.43. The van der Waals surface area contributed by atoms with E-state index in [1.54, 1.807) is 0 Å². The van der Waals surface area contributed by atoms with Crippen LogP contribution in [0.4, 0.5) is 5.69 Å². The number of ketones is 1. The maximum Gasteiger partial charge on any atom is 0.178 e. The average Bonchev–Trinajstić information content (AvgIpc) is 2.64. The molecule has 2 heterocycles. The van der Waals surface area contributed by atoms with Gasteiger partial charge in [0.15, 0.2) is 5.78 Å². The molecule has 2 N–H and O–H groups in total. The highest BCUT2D eigenvalue weighted by Gasteiger charge is 2.43. The zero-order chi connectivity index (χ0) is 19.0. The van der Waals surface area contributed by atoms with Gasteiger partial charge in [-0.1, -0.05) is 30.3 Å². The van der Waals surface area contributed by atoms with Crippen LogP contribution in [0.2, 0.25) is 0 Å². The Morgan fingerprint density at radius 3 is 2.81 bits per heavy atom. The van der Waals surface area contributed by atoms with Gasteiger partial charge in [0.1, 0.15) is 17.5 Å². The molecule has 0 aromatic heterocycles. The van der Waals surface area contributed by atoms with Crippen LogP contribution in [-0.2, 0) is 17.6 Å². The summed E-state index contributed by atoms with van der Waals surface area (Å²) in [5.74, 6) is 0.710. The van der Waals surface area contributed by atoms with Gasteiger partial charge in [-0.3, -0.25) is 9.79 Å². The predicted octanol–water partition coefficient (Wildman–Crippen LogP) is 2.92. The second-order valence-corrected chi connectivity index (χ2v) is 7.74. The minimum atomic E-state index is -0.722. The molecule has 0 radical (unpaired) electrons. The standard InChI is InChI=1S/C22H24N2O3/c1-22(2)21(26)20(23-9-8-14-6-4-3-5-7-14)17-11-15-10-16(25)13-24-18(15)12-19(17)27-22/h3-7,11-13,20-21,23,26H,8-10H2,1-2H3. The Bertz CT molecular complexity index is 890. The highest BCUT2D eigenvalue weighted by molar-refractivity contribution is 6.29. The first-order valence-corrected chi connectivity index (χ1v) is 9.32. The predicted molar refractivity (Wildman–Crippen MR) is 105 cm³/mol. The van der Waals surface area contributed by atoms with Gasteiger partial charge >= 0.3 is 0 Å². The van der Waals surface area contributed by atoms with Crippen LogP contribution in [0.1, 0.15) is 36.6 Å². The normalized spacial score (nSPS) is 22.7. The van der Waals surface area contributed by atoms with Crippen molar-refractivity contribution in [1.29, 1.82) is 0 Å². The number of aliphatic imine (C=N–C) groups is 1. The van der Waals surface area contributed by atoms with Crippen molar-refractivity contribution in [2.24, 2.45) is 4.99 Å². The van der Waals surface area contributed by atoms with Crippen LogP contribution in [0.3, 0.4) is 0 Å². The first kappa shape index (κ1) is 17.9. The van der Waals surface area contributed by atoms with Crippen LogP contribution in [0, 0.1) is 0 Å². The molecule has 0 fully saturated rings. The van der Waals surface area contributed by atoms with Gasteiger partial charge in [-0.15, -0.1) is 0 Å². The van der Waals surface area contributed by atoms with Crippen molar-refractivity contribution in [2.45, 2.75) is 44.4 Å². The average molecular weight is 364 g/mol. The zero-order valence-corrected chi connectivity index (χ0v) is 15.6. The Labute approximate surface area is 159 Å². The zero-order valence-electron chi connectivity index (χ0n) is 15.6. The molecule has 2 aromatic rings. The number of fused-ring (bicyclic) bond motifs is 2. The summed E-state index contributed by atoms with van der Waals surface area (Å²) >= 11 is 0. The van der Waals surface area contributed by atoms with Gasteiger partial charge in [0.25, 0.3) is 0 Å². The first-order valence-electron chi connectivity index (χ1n) is 9.32. The van der Waals surface area contributed by atoms with Gasteiger partial charge in [-0.2, -0.15) is 0 Å². The quantitative estimate of drug-likeness (QED) is 0.875. The second-order valence-electron chi connectivity index (χ2n) is 7.74. The molecule has 2 atom stereocenters. The molecule has 5 nitrogen and oxygen atoms in total. The summed E-state index contributed by atoms with van der Waals surface area (Å²) < 4.78 is 6.07. The topological polar surface area (TPSA) is 70.9 Å². The van der Waals surface area contributed by atoms with Crippen LogP contribution in [0.25, 0.3) is 0 Å². The largest absolute Gasteiger partial charge is 0.485 e. The van der Waals surface area contributed by atoms with Crippen molar-refractivity contribution in [3.63, 3.8) is 0 Å². The molecule has 2 aliphatic rings. The van der Waals surface area contributed by atoms with Crippen LogP contribution in [-0.4, -0.2) is 35.4 Å². The maximum atomic E-state index is 11.7.